The van der Waals surface area contributed by atoms with Crippen LogP contribution in [0.15, 0.2) is 35.1 Å². The number of aromatic nitrogens is 2. The number of nitrogens with one attached hydrogen (secondary N) is 2. The average Bonchev–Trinajstić information content (AvgIpc) is 2.94. The smallest absolute Gasteiger partial charge is 0.328 e. The maximum absolute atomic E-state index is 13.4. The van der Waals surface area contributed by atoms with Gasteiger partial charge < -0.3 is 20.3 Å². The number of aryl methyl sites for hydroxylation is 2. The Morgan fingerprint density at radius 1 is 1.07 bits per heavy atom. The van der Waals surface area contributed by atoms with E-state index in [2.05, 4.69) is 15.5 Å². The van der Waals surface area contributed by atoms with E-state index in [9.17, 15) is 14.0 Å². The fraction of sp³-hybridized carbons (Fsp3) is 0.300. The lowest BCUT2D eigenvalue weighted by Gasteiger charge is -2.30. The molecular weight excluding hydrogens is 413 g/mol. The molecule has 1 fully saturated rings. The molecule has 2 heterocycles. The number of halogens is 2. The number of imidazole rings is 1. The van der Waals surface area contributed by atoms with Gasteiger partial charge in [-0.2, -0.15) is 0 Å². The summed E-state index contributed by atoms with van der Waals surface area (Å²) in [6.45, 7) is 2.48. The van der Waals surface area contributed by atoms with Crippen LogP contribution in [-0.4, -0.2) is 41.5 Å². The third-order valence-electron chi connectivity index (χ3n) is 5.17. The van der Waals surface area contributed by atoms with Gasteiger partial charge in [0, 0.05) is 32.9 Å². The summed E-state index contributed by atoms with van der Waals surface area (Å²) in [5.41, 5.74) is 3.01. The number of hydrogen-bond acceptors (Lipinski definition) is 4. The Morgan fingerprint density at radius 2 is 1.73 bits per heavy atom. The molecule has 1 saturated heterocycles. The van der Waals surface area contributed by atoms with Crippen molar-refractivity contribution in [3.05, 3.63) is 51.7 Å². The Kier molecular flexibility index (Phi) is 5.40. The molecule has 1 aliphatic heterocycles. The van der Waals surface area contributed by atoms with Crippen molar-refractivity contribution in [1.82, 2.24) is 9.13 Å². The molecule has 8 nitrogen and oxygen atoms in total. The highest BCUT2D eigenvalue weighted by molar-refractivity contribution is 6.31. The standard InChI is InChI=1S/C20H21ClFN5O3/c1-25-17-10-15(24-19(28)23-12-3-4-14(22)13(21)9-12)16(27-5-7-30-8-6-27)11-18(17)26(2)20(25)29/h3-4,9-11H,5-8H2,1-2H3,(H2,23,24,28). The van der Waals surface area contributed by atoms with E-state index in [1.54, 1.807) is 24.7 Å². The minimum atomic E-state index is -0.562. The van der Waals surface area contributed by atoms with Crippen LogP contribution in [0.2, 0.25) is 5.02 Å². The molecular formula is C20H21ClFN5O3. The molecule has 0 saturated carbocycles. The van der Waals surface area contributed by atoms with Crippen LogP contribution in [0.3, 0.4) is 0 Å². The van der Waals surface area contributed by atoms with Crippen molar-refractivity contribution in [3.8, 4) is 0 Å². The summed E-state index contributed by atoms with van der Waals surface area (Å²) in [5, 5.41) is 5.41. The molecule has 2 N–H and O–H groups in total. The maximum atomic E-state index is 13.4. The van der Waals surface area contributed by atoms with Crippen LogP contribution in [0.5, 0.6) is 0 Å². The minimum Gasteiger partial charge on any atom is -0.378 e. The van der Waals surface area contributed by atoms with E-state index >= 15 is 0 Å². The molecule has 1 aliphatic rings. The van der Waals surface area contributed by atoms with Crippen LogP contribution < -0.4 is 21.2 Å². The second-order valence-corrected chi connectivity index (χ2v) is 7.47. The summed E-state index contributed by atoms with van der Waals surface area (Å²) in [7, 11) is 3.40. The Bertz CT molecular complexity index is 1180. The van der Waals surface area contributed by atoms with Gasteiger partial charge >= 0.3 is 11.7 Å². The zero-order chi connectivity index (χ0) is 21.4. The quantitative estimate of drug-likeness (QED) is 0.665. The van der Waals surface area contributed by atoms with Gasteiger partial charge in [0.2, 0.25) is 0 Å². The van der Waals surface area contributed by atoms with Gasteiger partial charge in [-0.3, -0.25) is 9.13 Å². The zero-order valence-electron chi connectivity index (χ0n) is 16.5. The Hall–Kier alpha value is -3.04. The van der Waals surface area contributed by atoms with Gasteiger partial charge in [0.05, 0.1) is 40.6 Å². The summed E-state index contributed by atoms with van der Waals surface area (Å²) >= 11 is 5.78. The van der Waals surface area contributed by atoms with E-state index < -0.39 is 11.8 Å². The van der Waals surface area contributed by atoms with Gasteiger partial charge in [-0.25, -0.2) is 14.0 Å². The first-order chi connectivity index (χ1) is 14.3. The highest BCUT2D eigenvalue weighted by Crippen LogP contribution is 2.32. The zero-order valence-corrected chi connectivity index (χ0v) is 17.3. The molecule has 0 atom stereocenters. The predicted molar refractivity (Wildman–Crippen MR) is 115 cm³/mol. The van der Waals surface area contributed by atoms with E-state index in [0.717, 1.165) is 11.2 Å². The van der Waals surface area contributed by atoms with Gasteiger partial charge in [-0.05, 0) is 30.3 Å². The number of ether oxygens (including phenoxy) is 1. The van der Waals surface area contributed by atoms with E-state index in [4.69, 9.17) is 16.3 Å². The van der Waals surface area contributed by atoms with Crippen molar-refractivity contribution >= 4 is 45.7 Å². The van der Waals surface area contributed by atoms with E-state index in [1.165, 1.54) is 22.8 Å². The number of hydrogen-bond donors (Lipinski definition) is 2. The normalized spacial score (nSPS) is 14.2. The maximum Gasteiger partial charge on any atom is 0.328 e. The molecule has 0 radical (unpaired) electrons. The molecule has 0 aliphatic carbocycles. The molecule has 2 amide bonds. The topological polar surface area (TPSA) is 80.5 Å². The van der Waals surface area contributed by atoms with Crippen molar-refractivity contribution in [1.29, 1.82) is 0 Å². The number of carbonyl (C=O) groups excluding carboxylic acids is 1. The highest BCUT2D eigenvalue weighted by Gasteiger charge is 2.20. The van der Waals surface area contributed by atoms with Crippen molar-refractivity contribution in [2.75, 3.05) is 41.8 Å². The molecule has 2 aromatic carbocycles. The van der Waals surface area contributed by atoms with Gasteiger partial charge in [-0.1, -0.05) is 11.6 Å². The Labute approximate surface area is 176 Å². The predicted octanol–water partition coefficient (Wildman–Crippen LogP) is 3.15. The fourth-order valence-corrected chi connectivity index (χ4v) is 3.74. The number of anilines is 3. The Balaban J connectivity index is 1.70. The number of fused-ring (bicyclic) bond motifs is 1. The third kappa shape index (κ3) is 3.73. The first-order valence-electron chi connectivity index (χ1n) is 9.40. The van der Waals surface area contributed by atoms with Crippen LogP contribution in [0.1, 0.15) is 0 Å². The number of carbonyl (C=O) groups is 1. The van der Waals surface area contributed by atoms with E-state index in [1.807, 2.05) is 6.07 Å². The van der Waals surface area contributed by atoms with Crippen LogP contribution in [0, 0.1) is 5.82 Å². The van der Waals surface area contributed by atoms with Crippen molar-refractivity contribution in [2.45, 2.75) is 0 Å². The summed E-state index contributed by atoms with van der Waals surface area (Å²) in [5.74, 6) is -0.562. The van der Waals surface area contributed by atoms with E-state index in [0.29, 0.717) is 43.2 Å². The lowest BCUT2D eigenvalue weighted by atomic mass is 10.2. The monoisotopic (exact) mass is 433 g/mol. The average molecular weight is 434 g/mol. The van der Waals surface area contributed by atoms with Crippen molar-refractivity contribution in [3.63, 3.8) is 0 Å². The molecule has 0 unspecified atom stereocenters. The largest absolute Gasteiger partial charge is 0.378 e. The summed E-state index contributed by atoms with van der Waals surface area (Å²) in [6.07, 6.45) is 0. The lowest BCUT2D eigenvalue weighted by Crippen LogP contribution is -2.37. The SMILES string of the molecule is Cn1c(=O)n(C)c2cc(N3CCOCC3)c(NC(=O)Nc3ccc(F)c(Cl)c3)cc21. The van der Waals surface area contributed by atoms with Crippen LogP contribution >= 0.6 is 11.6 Å². The van der Waals surface area contributed by atoms with Crippen molar-refractivity contribution in [2.24, 2.45) is 14.1 Å². The van der Waals surface area contributed by atoms with Gasteiger partial charge in [-0.15, -0.1) is 0 Å². The number of benzene rings is 2. The molecule has 4 rings (SSSR count). The number of amides is 2. The minimum absolute atomic E-state index is 0.0810. The summed E-state index contributed by atoms with van der Waals surface area (Å²) < 4.78 is 21.9. The van der Waals surface area contributed by atoms with E-state index in [-0.39, 0.29) is 10.7 Å². The fourth-order valence-electron chi connectivity index (χ4n) is 3.56. The molecule has 158 valence electrons. The first kappa shape index (κ1) is 20.2. The van der Waals surface area contributed by atoms with Crippen LogP contribution in [0.25, 0.3) is 11.0 Å². The van der Waals surface area contributed by atoms with Crippen LogP contribution in [0.4, 0.5) is 26.2 Å². The summed E-state index contributed by atoms with van der Waals surface area (Å²) in [6, 6.07) is 7.11. The number of rotatable bonds is 3. The molecule has 30 heavy (non-hydrogen) atoms. The second kappa shape index (κ2) is 8.00. The first-order valence-corrected chi connectivity index (χ1v) is 9.78. The lowest BCUT2D eigenvalue weighted by molar-refractivity contribution is 0.123. The van der Waals surface area contributed by atoms with Crippen LogP contribution in [-0.2, 0) is 18.8 Å². The van der Waals surface area contributed by atoms with Gasteiger partial charge in [0.1, 0.15) is 5.82 Å². The Morgan fingerprint density at radius 3 is 2.40 bits per heavy atom. The third-order valence-corrected chi connectivity index (χ3v) is 5.46. The number of urea groups is 1. The second-order valence-electron chi connectivity index (χ2n) is 7.07. The molecule has 0 spiro atoms. The molecule has 10 heteroatoms. The van der Waals surface area contributed by atoms with Gasteiger partial charge in [0.15, 0.2) is 0 Å². The number of morpholine rings is 1. The molecule has 0 bridgehead atoms. The number of nitrogens with zero attached hydrogens (tertiary/aromatic N) is 3. The van der Waals surface area contributed by atoms with Crippen molar-refractivity contribution < 1.29 is 13.9 Å². The highest BCUT2D eigenvalue weighted by atomic mass is 35.5. The molecule has 3 aromatic rings. The molecule has 1 aromatic heterocycles. The summed E-state index contributed by atoms with van der Waals surface area (Å²) in [4.78, 5) is 27.1. The van der Waals surface area contributed by atoms with Gasteiger partial charge in [0.25, 0.3) is 0 Å².